The third-order valence-electron chi connectivity index (χ3n) is 5.56. The number of para-hydroxylation sites is 1. The van der Waals surface area contributed by atoms with Crippen LogP contribution in [0.1, 0.15) is 41.3 Å². The summed E-state index contributed by atoms with van der Waals surface area (Å²) in [6, 6.07) is 15.2. The van der Waals surface area contributed by atoms with Crippen LogP contribution in [0, 0.1) is 0 Å². The average Bonchev–Trinajstić information content (AvgIpc) is 2.97. The van der Waals surface area contributed by atoms with E-state index in [2.05, 4.69) is 0 Å². The van der Waals surface area contributed by atoms with Crippen LogP contribution in [0.5, 0.6) is 5.75 Å². The lowest BCUT2D eigenvalue weighted by Crippen LogP contribution is -2.29. The van der Waals surface area contributed by atoms with Gasteiger partial charge in [-0.2, -0.15) is 0 Å². The van der Waals surface area contributed by atoms with Gasteiger partial charge in [0, 0.05) is 46.5 Å². The summed E-state index contributed by atoms with van der Waals surface area (Å²) >= 11 is 0. The van der Waals surface area contributed by atoms with Crippen LogP contribution < -0.4 is 4.74 Å². The predicted octanol–water partition coefficient (Wildman–Crippen LogP) is 4.19. The SMILES string of the molecule is COc1ccccc1C1C(C(C)=O)=C(C)N(C)C2=C1C(=O)c1ccccc12. The fourth-order valence-corrected chi connectivity index (χ4v) is 4.29. The number of methoxy groups -OCH3 is 1. The zero-order valence-corrected chi connectivity index (χ0v) is 15.9. The smallest absolute Gasteiger partial charge is 0.192 e. The lowest BCUT2D eigenvalue weighted by molar-refractivity contribution is -0.113. The molecule has 0 N–H and O–H groups in total. The van der Waals surface area contributed by atoms with Gasteiger partial charge in [0.05, 0.1) is 12.8 Å². The summed E-state index contributed by atoms with van der Waals surface area (Å²) in [6.45, 7) is 3.50. The molecule has 4 nitrogen and oxygen atoms in total. The highest BCUT2D eigenvalue weighted by Crippen LogP contribution is 2.51. The van der Waals surface area contributed by atoms with Crippen LogP contribution in [0.15, 0.2) is 65.4 Å². The molecule has 1 aliphatic carbocycles. The maximum atomic E-state index is 13.4. The molecule has 0 spiro atoms. The fourth-order valence-electron chi connectivity index (χ4n) is 4.29. The Labute approximate surface area is 158 Å². The minimum Gasteiger partial charge on any atom is -0.496 e. The molecular formula is C23H21NO3. The maximum absolute atomic E-state index is 13.4. The first kappa shape index (κ1) is 17.3. The van der Waals surface area contributed by atoms with Crippen molar-refractivity contribution < 1.29 is 14.3 Å². The Balaban J connectivity index is 2.05. The zero-order chi connectivity index (χ0) is 19.3. The first-order valence-corrected chi connectivity index (χ1v) is 8.94. The van der Waals surface area contributed by atoms with E-state index in [1.807, 2.05) is 67.4 Å². The molecule has 0 radical (unpaired) electrons. The standard InChI is InChI=1S/C23H21NO3/c1-13-19(14(2)25)20(17-11-7-8-12-18(17)27-4)21-22(24(13)3)15-9-5-6-10-16(15)23(21)26/h5-12,20H,1-4H3. The van der Waals surface area contributed by atoms with E-state index < -0.39 is 5.92 Å². The van der Waals surface area contributed by atoms with Crippen molar-refractivity contribution in [3.8, 4) is 5.75 Å². The summed E-state index contributed by atoms with van der Waals surface area (Å²) in [5, 5.41) is 0. The van der Waals surface area contributed by atoms with Crippen molar-refractivity contribution >= 4 is 17.3 Å². The zero-order valence-electron chi connectivity index (χ0n) is 15.9. The van der Waals surface area contributed by atoms with Gasteiger partial charge in [-0.25, -0.2) is 0 Å². The van der Waals surface area contributed by atoms with Gasteiger partial charge in [-0.3, -0.25) is 9.59 Å². The molecule has 2 aliphatic rings. The number of Topliss-reactive ketones (excluding diaryl/α,β-unsaturated/α-hetero) is 2. The lowest BCUT2D eigenvalue weighted by Gasteiger charge is -2.35. The summed E-state index contributed by atoms with van der Waals surface area (Å²) in [5.41, 5.74) is 5.48. The summed E-state index contributed by atoms with van der Waals surface area (Å²) in [7, 11) is 3.53. The molecule has 4 heteroatoms. The van der Waals surface area contributed by atoms with Crippen molar-refractivity contribution in [3.05, 3.63) is 82.1 Å². The van der Waals surface area contributed by atoms with Crippen LogP contribution in [0.3, 0.4) is 0 Å². The van der Waals surface area contributed by atoms with Gasteiger partial charge in [-0.15, -0.1) is 0 Å². The number of allylic oxidation sites excluding steroid dienone is 3. The van der Waals surface area contributed by atoms with Crippen molar-refractivity contribution in [2.24, 2.45) is 0 Å². The van der Waals surface area contributed by atoms with Crippen LogP contribution in [-0.4, -0.2) is 30.6 Å². The first-order chi connectivity index (χ1) is 13.0. The highest BCUT2D eigenvalue weighted by atomic mass is 16.5. The van der Waals surface area contributed by atoms with Gasteiger partial charge in [0.15, 0.2) is 11.6 Å². The molecule has 0 amide bonds. The molecule has 0 saturated carbocycles. The second-order valence-corrected chi connectivity index (χ2v) is 6.93. The third-order valence-corrected chi connectivity index (χ3v) is 5.56. The number of hydrogen-bond donors (Lipinski definition) is 0. The van der Waals surface area contributed by atoms with Crippen molar-refractivity contribution in [2.45, 2.75) is 19.8 Å². The number of carbonyl (C=O) groups is 2. The first-order valence-electron chi connectivity index (χ1n) is 8.94. The van der Waals surface area contributed by atoms with Crippen molar-refractivity contribution in [1.82, 2.24) is 4.90 Å². The van der Waals surface area contributed by atoms with E-state index >= 15 is 0 Å². The summed E-state index contributed by atoms with van der Waals surface area (Å²) < 4.78 is 5.57. The molecule has 0 bridgehead atoms. The number of benzene rings is 2. The Morgan fingerprint density at radius 2 is 1.67 bits per heavy atom. The molecule has 1 unspecified atom stereocenters. The number of ketones is 2. The Hall–Kier alpha value is -3.14. The van der Waals surface area contributed by atoms with E-state index in [-0.39, 0.29) is 11.6 Å². The second-order valence-electron chi connectivity index (χ2n) is 6.93. The second kappa shape index (κ2) is 6.23. The van der Waals surface area contributed by atoms with Crippen LogP contribution >= 0.6 is 0 Å². The van der Waals surface area contributed by atoms with Gasteiger partial charge >= 0.3 is 0 Å². The molecule has 0 saturated heterocycles. The predicted molar refractivity (Wildman–Crippen MR) is 105 cm³/mol. The van der Waals surface area contributed by atoms with E-state index in [0.29, 0.717) is 22.5 Å². The number of nitrogens with zero attached hydrogens (tertiary/aromatic N) is 1. The molecule has 1 heterocycles. The number of fused-ring (bicyclic) bond motifs is 2. The molecule has 136 valence electrons. The maximum Gasteiger partial charge on any atom is 0.192 e. The Bertz CT molecular complexity index is 1050. The monoisotopic (exact) mass is 359 g/mol. The van der Waals surface area contributed by atoms with Crippen LogP contribution in [-0.2, 0) is 4.79 Å². The molecule has 0 fully saturated rings. The van der Waals surface area contributed by atoms with Gasteiger partial charge in [0.2, 0.25) is 0 Å². The molecule has 1 atom stereocenters. The number of rotatable bonds is 3. The number of carbonyl (C=O) groups excluding carboxylic acids is 2. The lowest BCUT2D eigenvalue weighted by atomic mass is 9.77. The molecule has 2 aromatic carbocycles. The molecule has 2 aromatic rings. The van der Waals surface area contributed by atoms with E-state index in [0.717, 1.165) is 22.5 Å². The molecular weight excluding hydrogens is 338 g/mol. The minimum atomic E-state index is -0.440. The van der Waals surface area contributed by atoms with E-state index in [1.54, 1.807) is 14.0 Å². The van der Waals surface area contributed by atoms with E-state index in [9.17, 15) is 9.59 Å². The minimum absolute atomic E-state index is 0.0189. The highest BCUT2D eigenvalue weighted by molar-refractivity contribution is 6.23. The third kappa shape index (κ3) is 2.36. The van der Waals surface area contributed by atoms with Gasteiger partial charge in [0.25, 0.3) is 0 Å². The summed E-state index contributed by atoms with van der Waals surface area (Å²) in [6.07, 6.45) is 0. The molecule has 0 aromatic heterocycles. The van der Waals surface area contributed by atoms with Crippen molar-refractivity contribution in [3.63, 3.8) is 0 Å². The van der Waals surface area contributed by atoms with Gasteiger partial charge in [0.1, 0.15) is 5.75 Å². The van der Waals surface area contributed by atoms with Gasteiger partial charge < -0.3 is 9.64 Å². The molecule has 1 aliphatic heterocycles. The van der Waals surface area contributed by atoms with Crippen LogP contribution in [0.4, 0.5) is 0 Å². The Kier molecular flexibility index (Phi) is 3.99. The quantitative estimate of drug-likeness (QED) is 0.824. The van der Waals surface area contributed by atoms with Gasteiger partial charge in [-0.1, -0.05) is 42.5 Å². The largest absolute Gasteiger partial charge is 0.496 e. The van der Waals surface area contributed by atoms with E-state index in [4.69, 9.17) is 4.74 Å². The highest BCUT2D eigenvalue weighted by Gasteiger charge is 2.44. The van der Waals surface area contributed by atoms with E-state index in [1.165, 1.54) is 0 Å². The summed E-state index contributed by atoms with van der Waals surface area (Å²) in [4.78, 5) is 28.0. The molecule has 27 heavy (non-hydrogen) atoms. The number of ether oxygens (including phenoxy) is 1. The topological polar surface area (TPSA) is 46.6 Å². The van der Waals surface area contributed by atoms with Crippen molar-refractivity contribution in [2.75, 3.05) is 14.2 Å². The Morgan fingerprint density at radius 3 is 2.33 bits per heavy atom. The fraction of sp³-hybridized carbons (Fsp3) is 0.217. The van der Waals surface area contributed by atoms with Crippen LogP contribution in [0.2, 0.25) is 0 Å². The summed E-state index contributed by atoms with van der Waals surface area (Å²) in [5.74, 6) is 0.180. The number of hydrogen-bond acceptors (Lipinski definition) is 4. The normalized spacial score (nSPS) is 18.6. The Morgan fingerprint density at radius 1 is 1.04 bits per heavy atom. The average molecular weight is 359 g/mol. The molecule has 4 rings (SSSR count). The van der Waals surface area contributed by atoms with Crippen LogP contribution in [0.25, 0.3) is 5.70 Å². The van der Waals surface area contributed by atoms with Gasteiger partial charge in [-0.05, 0) is 19.9 Å². The van der Waals surface area contributed by atoms with Crippen molar-refractivity contribution in [1.29, 1.82) is 0 Å².